The highest BCUT2D eigenvalue weighted by atomic mass is 16.5. The first-order valence-corrected chi connectivity index (χ1v) is 3.99. The first kappa shape index (κ1) is 11.1. The zero-order valence-corrected chi connectivity index (χ0v) is 7.21. The Hall–Kier alpha value is -0.870. The lowest BCUT2D eigenvalue weighted by Crippen LogP contribution is -2.29. The molecule has 3 N–H and O–H groups in total. The molecule has 0 rings (SSSR count). The molecule has 0 aliphatic rings. The van der Waals surface area contributed by atoms with Crippen molar-refractivity contribution in [3.8, 4) is 0 Å². The molecule has 0 aromatic heterocycles. The molecule has 4 heteroatoms. The Morgan fingerprint density at radius 2 is 2.33 bits per heavy atom. The molecule has 0 aromatic rings. The number of nitrogens with one attached hydrogen (secondary N) is 1. The third-order valence-corrected chi connectivity index (χ3v) is 1.32. The summed E-state index contributed by atoms with van der Waals surface area (Å²) in [4.78, 5) is 10.6. The van der Waals surface area contributed by atoms with Crippen LogP contribution in [0.5, 0.6) is 0 Å². The van der Waals surface area contributed by atoms with Gasteiger partial charge in [0.25, 0.3) is 0 Å². The number of nitrogens with two attached hydrogens (primary N) is 1. The minimum absolute atomic E-state index is 0.151. The lowest BCUT2D eigenvalue weighted by atomic mass is 10.3. The van der Waals surface area contributed by atoms with Crippen molar-refractivity contribution >= 4 is 5.91 Å². The smallest absolute Gasteiger partial charge is 0.233 e. The fraction of sp³-hybridized carbons (Fsp3) is 0.625. The van der Waals surface area contributed by atoms with E-state index in [9.17, 15) is 4.79 Å². The molecule has 0 spiro atoms. The van der Waals surface area contributed by atoms with Gasteiger partial charge >= 0.3 is 0 Å². The Kier molecular flexibility index (Phi) is 7.63. The molecule has 0 aromatic carbocycles. The summed E-state index contributed by atoms with van der Waals surface area (Å²) in [6.45, 7) is 4.83. The third kappa shape index (κ3) is 7.24. The Morgan fingerprint density at radius 3 is 2.92 bits per heavy atom. The lowest BCUT2D eigenvalue weighted by molar-refractivity contribution is -0.121. The summed E-state index contributed by atoms with van der Waals surface area (Å²) in [5, 5.41) is 0. The van der Waals surface area contributed by atoms with Crippen molar-refractivity contribution in [2.75, 3.05) is 13.2 Å². The minimum atomic E-state index is -0.151. The minimum Gasteiger partial charge on any atom is -0.381 e. The molecule has 0 atom stereocenters. The molecular weight excluding hydrogens is 156 g/mol. The average Bonchev–Trinajstić information content (AvgIpc) is 2.10. The predicted octanol–water partition coefficient (Wildman–Crippen LogP) is 0.349. The van der Waals surface area contributed by atoms with Gasteiger partial charge in [0.1, 0.15) is 0 Å². The van der Waals surface area contributed by atoms with Crippen LogP contribution in [0.3, 0.4) is 0 Å². The number of hydrazine groups is 1. The third-order valence-electron chi connectivity index (χ3n) is 1.32. The molecule has 4 nitrogen and oxygen atoms in total. The quantitative estimate of drug-likeness (QED) is 0.191. The molecule has 1 amide bonds. The van der Waals surface area contributed by atoms with Crippen LogP contribution < -0.4 is 11.3 Å². The van der Waals surface area contributed by atoms with E-state index < -0.39 is 0 Å². The molecule has 0 radical (unpaired) electrons. The van der Waals surface area contributed by atoms with Crippen LogP contribution in [-0.4, -0.2) is 19.1 Å². The van der Waals surface area contributed by atoms with Gasteiger partial charge in [0.15, 0.2) is 0 Å². The van der Waals surface area contributed by atoms with Crippen molar-refractivity contribution in [2.24, 2.45) is 5.84 Å². The summed E-state index contributed by atoms with van der Waals surface area (Å²) in [5.74, 6) is 4.73. The molecule has 0 bridgehead atoms. The van der Waals surface area contributed by atoms with Crippen LogP contribution in [0.25, 0.3) is 0 Å². The van der Waals surface area contributed by atoms with Crippen LogP contribution in [0.15, 0.2) is 12.7 Å². The first-order chi connectivity index (χ1) is 5.81. The van der Waals surface area contributed by atoms with Gasteiger partial charge in [0, 0.05) is 19.6 Å². The van der Waals surface area contributed by atoms with E-state index in [2.05, 4.69) is 12.0 Å². The lowest BCUT2D eigenvalue weighted by Gasteiger charge is -2.01. The van der Waals surface area contributed by atoms with Gasteiger partial charge in [0.2, 0.25) is 5.91 Å². The van der Waals surface area contributed by atoms with Crippen LogP contribution in [-0.2, 0) is 9.53 Å². The zero-order valence-electron chi connectivity index (χ0n) is 7.21. The summed E-state index contributed by atoms with van der Waals surface area (Å²) in [7, 11) is 0. The summed E-state index contributed by atoms with van der Waals surface area (Å²) < 4.78 is 5.18. The SMILES string of the molecule is C=CCCOCCCC(=O)NN. The molecule has 0 unspecified atom stereocenters. The monoisotopic (exact) mass is 172 g/mol. The van der Waals surface area contributed by atoms with E-state index in [1.165, 1.54) is 0 Å². The van der Waals surface area contributed by atoms with Crippen LogP contribution in [0.2, 0.25) is 0 Å². The van der Waals surface area contributed by atoms with E-state index in [0.717, 1.165) is 6.42 Å². The number of carbonyl (C=O) groups is 1. The second-order valence-corrected chi connectivity index (χ2v) is 2.36. The summed E-state index contributed by atoms with van der Waals surface area (Å²) in [5.41, 5.74) is 2.06. The topological polar surface area (TPSA) is 64.3 Å². The Labute approximate surface area is 72.7 Å². The molecule has 12 heavy (non-hydrogen) atoms. The van der Waals surface area contributed by atoms with Gasteiger partial charge < -0.3 is 4.74 Å². The number of amides is 1. The molecular formula is C8H16N2O2. The normalized spacial score (nSPS) is 9.42. The number of hydrogen-bond donors (Lipinski definition) is 2. The van der Waals surface area contributed by atoms with E-state index in [4.69, 9.17) is 10.6 Å². The molecule has 0 saturated carbocycles. The van der Waals surface area contributed by atoms with E-state index in [1.54, 1.807) is 6.08 Å². The first-order valence-electron chi connectivity index (χ1n) is 3.99. The van der Waals surface area contributed by atoms with Crippen molar-refractivity contribution in [1.29, 1.82) is 0 Å². The Balaban J connectivity index is 3.00. The average molecular weight is 172 g/mol. The Bertz CT molecular complexity index is 137. The van der Waals surface area contributed by atoms with Crippen LogP contribution in [0.1, 0.15) is 19.3 Å². The maximum absolute atomic E-state index is 10.6. The maximum atomic E-state index is 10.6. The van der Waals surface area contributed by atoms with E-state index in [-0.39, 0.29) is 5.91 Å². The summed E-state index contributed by atoms with van der Waals surface area (Å²) >= 11 is 0. The van der Waals surface area contributed by atoms with Gasteiger partial charge in [-0.3, -0.25) is 10.2 Å². The van der Waals surface area contributed by atoms with Gasteiger partial charge in [-0.2, -0.15) is 0 Å². The highest BCUT2D eigenvalue weighted by Gasteiger charge is 1.96. The molecule has 70 valence electrons. The fourth-order valence-corrected chi connectivity index (χ4v) is 0.676. The van der Waals surface area contributed by atoms with E-state index in [1.807, 2.05) is 0 Å². The summed E-state index contributed by atoms with van der Waals surface area (Å²) in [6.07, 6.45) is 3.78. The molecule has 0 fully saturated rings. The van der Waals surface area contributed by atoms with Crippen LogP contribution >= 0.6 is 0 Å². The Morgan fingerprint density at radius 1 is 1.58 bits per heavy atom. The fourth-order valence-electron chi connectivity index (χ4n) is 0.676. The van der Waals surface area contributed by atoms with Crippen molar-refractivity contribution in [3.63, 3.8) is 0 Å². The molecule has 0 heterocycles. The largest absolute Gasteiger partial charge is 0.381 e. The van der Waals surface area contributed by atoms with Crippen LogP contribution in [0, 0.1) is 0 Å². The molecule has 0 aliphatic carbocycles. The number of carbonyl (C=O) groups excluding carboxylic acids is 1. The standard InChI is InChI=1S/C8H16N2O2/c1-2-3-6-12-7-4-5-8(11)10-9/h2H,1,3-7,9H2,(H,10,11). The van der Waals surface area contributed by atoms with Gasteiger partial charge in [-0.25, -0.2) is 5.84 Å². The van der Waals surface area contributed by atoms with Crippen molar-refractivity contribution in [1.82, 2.24) is 5.43 Å². The highest BCUT2D eigenvalue weighted by molar-refractivity contribution is 5.75. The van der Waals surface area contributed by atoms with Crippen molar-refractivity contribution < 1.29 is 9.53 Å². The molecule has 0 aliphatic heterocycles. The molecule has 0 saturated heterocycles. The van der Waals surface area contributed by atoms with Crippen molar-refractivity contribution in [2.45, 2.75) is 19.3 Å². The number of rotatable bonds is 7. The van der Waals surface area contributed by atoms with Gasteiger partial charge in [-0.1, -0.05) is 6.08 Å². The highest BCUT2D eigenvalue weighted by Crippen LogP contribution is 1.91. The second kappa shape index (κ2) is 8.23. The number of hydrogen-bond acceptors (Lipinski definition) is 3. The second-order valence-electron chi connectivity index (χ2n) is 2.36. The van der Waals surface area contributed by atoms with Crippen molar-refractivity contribution in [3.05, 3.63) is 12.7 Å². The predicted molar refractivity (Wildman–Crippen MR) is 47.2 cm³/mol. The summed E-state index contributed by atoms with van der Waals surface area (Å²) in [6, 6.07) is 0. The van der Waals surface area contributed by atoms with E-state index in [0.29, 0.717) is 26.1 Å². The number of ether oxygens (including phenoxy) is 1. The van der Waals surface area contributed by atoms with Gasteiger partial charge in [-0.15, -0.1) is 6.58 Å². The van der Waals surface area contributed by atoms with Gasteiger partial charge in [0.05, 0.1) is 0 Å². The van der Waals surface area contributed by atoms with Crippen LogP contribution in [0.4, 0.5) is 0 Å². The maximum Gasteiger partial charge on any atom is 0.233 e. The zero-order chi connectivity index (χ0) is 9.23. The van der Waals surface area contributed by atoms with Gasteiger partial charge in [-0.05, 0) is 12.8 Å². The van der Waals surface area contributed by atoms with E-state index >= 15 is 0 Å².